The van der Waals surface area contributed by atoms with E-state index >= 15 is 0 Å². The molecule has 0 radical (unpaired) electrons. The minimum absolute atomic E-state index is 0.0219. The third-order valence-electron chi connectivity index (χ3n) is 1.36. The zero-order chi connectivity index (χ0) is 7.56. The van der Waals surface area contributed by atoms with Gasteiger partial charge in [-0.25, -0.2) is 4.98 Å². The lowest BCUT2D eigenvalue weighted by atomic mass is 10.2. The molecule has 0 aliphatic heterocycles. The number of aryl methyl sites for hydroxylation is 1. The molecule has 1 aromatic heterocycles. The maximum atomic E-state index is 8.67. The van der Waals surface area contributed by atoms with Gasteiger partial charge in [0.1, 0.15) is 5.82 Å². The lowest BCUT2D eigenvalue weighted by molar-refractivity contribution is 0.281. The largest absolute Gasteiger partial charge is 0.392 e. The van der Waals surface area contributed by atoms with E-state index in [1.807, 2.05) is 13.0 Å². The lowest BCUT2D eigenvalue weighted by Crippen LogP contribution is -1.95. The van der Waals surface area contributed by atoms with Gasteiger partial charge in [0.25, 0.3) is 0 Å². The number of rotatable bonds is 1. The second kappa shape index (κ2) is 2.66. The van der Waals surface area contributed by atoms with Gasteiger partial charge in [0.15, 0.2) is 0 Å². The molecule has 54 valence electrons. The Kier molecular flexibility index (Phi) is 1.87. The summed E-state index contributed by atoms with van der Waals surface area (Å²) in [7, 11) is 0. The van der Waals surface area contributed by atoms with Gasteiger partial charge < -0.3 is 10.8 Å². The van der Waals surface area contributed by atoms with Gasteiger partial charge in [0.2, 0.25) is 0 Å². The molecule has 0 bridgehead atoms. The number of nitrogens with two attached hydrogens (primary N) is 1. The average molecular weight is 138 g/mol. The number of nitrogen functional groups attached to an aromatic ring is 1. The second-order valence-electron chi connectivity index (χ2n) is 2.20. The highest BCUT2D eigenvalue weighted by molar-refractivity contribution is 5.39. The predicted molar refractivity (Wildman–Crippen MR) is 39.3 cm³/mol. The van der Waals surface area contributed by atoms with Gasteiger partial charge >= 0.3 is 0 Å². The molecule has 0 atom stereocenters. The van der Waals surface area contributed by atoms with E-state index in [-0.39, 0.29) is 6.61 Å². The third-order valence-corrected chi connectivity index (χ3v) is 1.36. The molecule has 0 aromatic carbocycles. The summed E-state index contributed by atoms with van der Waals surface area (Å²) in [5, 5.41) is 8.67. The molecule has 1 rings (SSSR count). The van der Waals surface area contributed by atoms with Crippen molar-refractivity contribution in [2.24, 2.45) is 0 Å². The van der Waals surface area contributed by atoms with Gasteiger partial charge in [0.05, 0.1) is 6.61 Å². The van der Waals surface area contributed by atoms with E-state index in [9.17, 15) is 0 Å². The highest BCUT2D eigenvalue weighted by atomic mass is 16.3. The van der Waals surface area contributed by atoms with Crippen molar-refractivity contribution in [3.63, 3.8) is 0 Å². The summed E-state index contributed by atoms with van der Waals surface area (Å²) in [5.74, 6) is 0.525. The molecule has 1 aromatic rings. The monoisotopic (exact) mass is 138 g/mol. The van der Waals surface area contributed by atoms with Crippen LogP contribution >= 0.6 is 0 Å². The predicted octanol–water partition coefficient (Wildman–Crippen LogP) is 0.465. The Morgan fingerprint density at radius 3 is 2.90 bits per heavy atom. The van der Waals surface area contributed by atoms with Crippen molar-refractivity contribution in [3.05, 3.63) is 23.4 Å². The minimum Gasteiger partial charge on any atom is -0.392 e. The van der Waals surface area contributed by atoms with Crippen LogP contribution in [-0.4, -0.2) is 10.1 Å². The molecule has 0 fully saturated rings. The summed E-state index contributed by atoms with van der Waals surface area (Å²) in [4.78, 5) is 3.87. The first-order chi connectivity index (χ1) is 4.74. The molecule has 0 aliphatic rings. The number of pyridine rings is 1. The Hall–Kier alpha value is -1.09. The molecule has 3 N–H and O–H groups in total. The Bertz CT molecular complexity index is 235. The SMILES string of the molecule is Cc1cc(CO)cnc1N. The summed E-state index contributed by atoms with van der Waals surface area (Å²) in [6.45, 7) is 1.88. The number of hydrogen-bond donors (Lipinski definition) is 2. The lowest BCUT2D eigenvalue weighted by Gasteiger charge is -1.99. The normalized spacial score (nSPS) is 9.80. The van der Waals surface area contributed by atoms with Gasteiger partial charge in [0, 0.05) is 6.20 Å². The molecule has 10 heavy (non-hydrogen) atoms. The first-order valence-corrected chi connectivity index (χ1v) is 3.06. The van der Waals surface area contributed by atoms with E-state index in [2.05, 4.69) is 4.98 Å². The number of aromatic nitrogens is 1. The van der Waals surface area contributed by atoms with Crippen molar-refractivity contribution < 1.29 is 5.11 Å². The topological polar surface area (TPSA) is 59.1 Å². The van der Waals surface area contributed by atoms with Crippen molar-refractivity contribution in [1.29, 1.82) is 0 Å². The fourth-order valence-electron chi connectivity index (χ4n) is 0.730. The fraction of sp³-hybridized carbons (Fsp3) is 0.286. The van der Waals surface area contributed by atoms with Gasteiger partial charge in [-0.15, -0.1) is 0 Å². The van der Waals surface area contributed by atoms with Crippen molar-refractivity contribution in [3.8, 4) is 0 Å². The summed E-state index contributed by atoms with van der Waals surface area (Å²) >= 11 is 0. The number of anilines is 1. The highest BCUT2D eigenvalue weighted by Crippen LogP contribution is 2.07. The van der Waals surface area contributed by atoms with Crippen LogP contribution in [0.5, 0.6) is 0 Å². The van der Waals surface area contributed by atoms with E-state index < -0.39 is 0 Å². The number of aliphatic hydroxyl groups is 1. The summed E-state index contributed by atoms with van der Waals surface area (Å²) in [6.07, 6.45) is 1.57. The Balaban J connectivity index is 3.04. The third kappa shape index (κ3) is 1.25. The van der Waals surface area contributed by atoms with E-state index in [0.717, 1.165) is 11.1 Å². The zero-order valence-corrected chi connectivity index (χ0v) is 5.83. The van der Waals surface area contributed by atoms with Crippen molar-refractivity contribution in [1.82, 2.24) is 4.98 Å². The Morgan fingerprint density at radius 1 is 1.70 bits per heavy atom. The molecular formula is C7H10N2O. The van der Waals surface area contributed by atoms with E-state index in [4.69, 9.17) is 10.8 Å². The van der Waals surface area contributed by atoms with Crippen LogP contribution in [0.25, 0.3) is 0 Å². The molecule has 0 aliphatic carbocycles. The molecule has 3 nitrogen and oxygen atoms in total. The quantitative estimate of drug-likeness (QED) is 0.592. The smallest absolute Gasteiger partial charge is 0.126 e. The van der Waals surface area contributed by atoms with E-state index in [1.165, 1.54) is 0 Å². The summed E-state index contributed by atoms with van der Waals surface area (Å²) < 4.78 is 0. The maximum Gasteiger partial charge on any atom is 0.126 e. The van der Waals surface area contributed by atoms with Crippen LogP contribution in [0.2, 0.25) is 0 Å². The molecular weight excluding hydrogens is 128 g/mol. The Morgan fingerprint density at radius 2 is 2.40 bits per heavy atom. The molecule has 0 saturated carbocycles. The molecule has 1 heterocycles. The fourth-order valence-corrected chi connectivity index (χ4v) is 0.730. The number of nitrogens with zero attached hydrogens (tertiary/aromatic N) is 1. The van der Waals surface area contributed by atoms with E-state index in [0.29, 0.717) is 5.82 Å². The molecule has 0 spiro atoms. The molecule has 3 heteroatoms. The van der Waals surface area contributed by atoms with Gasteiger partial charge in [-0.3, -0.25) is 0 Å². The van der Waals surface area contributed by atoms with E-state index in [1.54, 1.807) is 6.20 Å². The van der Waals surface area contributed by atoms with Crippen molar-refractivity contribution in [2.45, 2.75) is 13.5 Å². The molecule has 0 amide bonds. The van der Waals surface area contributed by atoms with Crippen molar-refractivity contribution >= 4 is 5.82 Å². The van der Waals surface area contributed by atoms with Gasteiger partial charge in [-0.1, -0.05) is 0 Å². The van der Waals surface area contributed by atoms with Gasteiger partial charge in [-0.05, 0) is 24.1 Å². The minimum atomic E-state index is 0.0219. The first-order valence-electron chi connectivity index (χ1n) is 3.06. The molecule has 0 saturated heterocycles. The maximum absolute atomic E-state index is 8.67. The first kappa shape index (κ1) is 7.02. The van der Waals surface area contributed by atoms with Crippen LogP contribution in [-0.2, 0) is 6.61 Å². The second-order valence-corrected chi connectivity index (χ2v) is 2.20. The van der Waals surface area contributed by atoms with Gasteiger partial charge in [-0.2, -0.15) is 0 Å². The zero-order valence-electron chi connectivity index (χ0n) is 5.83. The summed E-state index contributed by atoms with van der Waals surface area (Å²) in [6, 6.07) is 1.82. The van der Waals surface area contributed by atoms with Crippen LogP contribution in [0.4, 0.5) is 5.82 Å². The van der Waals surface area contributed by atoms with Crippen LogP contribution in [0, 0.1) is 6.92 Å². The van der Waals surface area contributed by atoms with Crippen LogP contribution in [0.3, 0.4) is 0 Å². The summed E-state index contributed by atoms with van der Waals surface area (Å²) in [5.41, 5.74) is 7.16. The van der Waals surface area contributed by atoms with Crippen LogP contribution in [0.1, 0.15) is 11.1 Å². The standard InChI is InChI=1S/C7H10N2O/c1-5-2-6(4-10)3-9-7(5)8/h2-3,10H,4H2,1H3,(H2,8,9). The molecule has 0 unspecified atom stereocenters. The van der Waals surface area contributed by atoms with Crippen LogP contribution in [0.15, 0.2) is 12.3 Å². The van der Waals surface area contributed by atoms with Crippen molar-refractivity contribution in [2.75, 3.05) is 5.73 Å². The van der Waals surface area contributed by atoms with Crippen LogP contribution < -0.4 is 5.73 Å². The number of hydrogen-bond acceptors (Lipinski definition) is 3. The Labute approximate surface area is 59.5 Å². The highest BCUT2D eigenvalue weighted by Gasteiger charge is 1.94. The average Bonchev–Trinajstić information content (AvgIpc) is 1.95. The number of aliphatic hydroxyl groups excluding tert-OH is 1.